The first-order valence-electron chi connectivity index (χ1n) is 6.71. The molecule has 0 amide bonds. The Morgan fingerprint density at radius 3 is 2.58 bits per heavy atom. The van der Waals surface area contributed by atoms with Crippen LogP contribution in [0.15, 0.2) is 24.3 Å². The van der Waals surface area contributed by atoms with Gasteiger partial charge in [-0.3, -0.25) is 4.98 Å². The number of hydrogen-bond acceptors (Lipinski definition) is 3. The molecule has 0 saturated heterocycles. The lowest BCUT2D eigenvalue weighted by molar-refractivity contribution is 0.340. The molecule has 1 heterocycles. The van der Waals surface area contributed by atoms with Crippen LogP contribution in [0, 0.1) is 6.92 Å². The van der Waals surface area contributed by atoms with Gasteiger partial charge in [-0.05, 0) is 58.9 Å². The molecule has 0 unspecified atom stereocenters. The van der Waals surface area contributed by atoms with E-state index in [1.54, 1.807) is 0 Å². The van der Waals surface area contributed by atoms with Gasteiger partial charge in [0, 0.05) is 22.3 Å². The first-order valence-corrected chi connectivity index (χ1v) is 6.71. The molecule has 0 saturated carbocycles. The first kappa shape index (κ1) is 13.7. The molecule has 0 spiro atoms. The normalized spacial score (nSPS) is 11.6. The number of aromatic nitrogens is 1. The highest BCUT2D eigenvalue weighted by Crippen LogP contribution is 2.29. The van der Waals surface area contributed by atoms with Gasteiger partial charge >= 0.3 is 0 Å². The first-order chi connectivity index (χ1) is 8.89. The topological polar surface area (TPSA) is 34.1 Å². The summed E-state index contributed by atoms with van der Waals surface area (Å²) in [6.07, 6.45) is 0. The van der Waals surface area contributed by atoms with Crippen molar-refractivity contribution in [1.82, 2.24) is 4.98 Å². The van der Waals surface area contributed by atoms with Gasteiger partial charge in [0.25, 0.3) is 0 Å². The third kappa shape index (κ3) is 3.37. The average Bonchev–Trinajstić information content (AvgIpc) is 2.28. The predicted molar refractivity (Wildman–Crippen MR) is 81.0 cm³/mol. The van der Waals surface area contributed by atoms with E-state index in [9.17, 15) is 0 Å². The van der Waals surface area contributed by atoms with Crippen molar-refractivity contribution < 1.29 is 4.74 Å². The standard InChI is InChI=1S/C16H22N2O/c1-6-19-12-7-8-14-13(10-12)15(9-11(2)17-14)18-16(3,4)5/h7-10H,6H2,1-5H3,(H,17,18). The number of ether oxygens (including phenoxy) is 1. The van der Waals surface area contributed by atoms with E-state index in [-0.39, 0.29) is 5.54 Å². The monoisotopic (exact) mass is 258 g/mol. The van der Waals surface area contributed by atoms with Gasteiger partial charge in [-0.2, -0.15) is 0 Å². The Labute approximate surface area is 115 Å². The van der Waals surface area contributed by atoms with Crippen LogP contribution in [-0.4, -0.2) is 17.1 Å². The third-order valence-corrected chi connectivity index (χ3v) is 2.73. The summed E-state index contributed by atoms with van der Waals surface area (Å²) in [4.78, 5) is 4.57. The Morgan fingerprint density at radius 1 is 1.21 bits per heavy atom. The second kappa shape index (κ2) is 5.08. The summed E-state index contributed by atoms with van der Waals surface area (Å²) in [5, 5.41) is 4.64. The van der Waals surface area contributed by atoms with Crippen molar-refractivity contribution in [2.45, 2.75) is 40.2 Å². The summed E-state index contributed by atoms with van der Waals surface area (Å²) in [6, 6.07) is 8.13. The molecule has 0 fully saturated rings. The summed E-state index contributed by atoms with van der Waals surface area (Å²) >= 11 is 0. The maximum Gasteiger partial charge on any atom is 0.120 e. The van der Waals surface area contributed by atoms with E-state index in [2.05, 4.69) is 43.2 Å². The molecule has 0 aliphatic heterocycles. The summed E-state index contributed by atoms with van der Waals surface area (Å²) < 4.78 is 5.57. The molecule has 2 aromatic rings. The Kier molecular flexibility index (Phi) is 3.65. The average molecular weight is 258 g/mol. The largest absolute Gasteiger partial charge is 0.494 e. The van der Waals surface area contributed by atoms with Crippen LogP contribution in [-0.2, 0) is 0 Å². The van der Waals surface area contributed by atoms with E-state index in [4.69, 9.17) is 4.74 Å². The number of rotatable bonds is 3. The Hall–Kier alpha value is -1.77. The van der Waals surface area contributed by atoms with Crippen molar-refractivity contribution in [3.63, 3.8) is 0 Å². The highest BCUT2D eigenvalue weighted by molar-refractivity contribution is 5.92. The van der Waals surface area contributed by atoms with Crippen LogP contribution < -0.4 is 10.1 Å². The number of nitrogens with one attached hydrogen (secondary N) is 1. The van der Waals surface area contributed by atoms with Crippen LogP contribution >= 0.6 is 0 Å². The fraction of sp³-hybridized carbons (Fsp3) is 0.438. The number of anilines is 1. The van der Waals surface area contributed by atoms with E-state index < -0.39 is 0 Å². The number of hydrogen-bond donors (Lipinski definition) is 1. The van der Waals surface area contributed by atoms with Crippen molar-refractivity contribution in [2.75, 3.05) is 11.9 Å². The second-order valence-corrected chi connectivity index (χ2v) is 5.80. The highest BCUT2D eigenvalue weighted by Gasteiger charge is 2.13. The summed E-state index contributed by atoms with van der Waals surface area (Å²) in [7, 11) is 0. The number of nitrogens with zero attached hydrogens (tertiary/aromatic N) is 1. The van der Waals surface area contributed by atoms with Gasteiger partial charge < -0.3 is 10.1 Å². The number of fused-ring (bicyclic) bond motifs is 1. The van der Waals surface area contributed by atoms with Gasteiger partial charge in [-0.15, -0.1) is 0 Å². The zero-order chi connectivity index (χ0) is 14.0. The molecule has 0 aliphatic rings. The van der Waals surface area contributed by atoms with Gasteiger partial charge in [0.15, 0.2) is 0 Å². The molecule has 0 aliphatic carbocycles. The molecule has 0 radical (unpaired) electrons. The summed E-state index contributed by atoms with van der Waals surface area (Å²) in [5.41, 5.74) is 3.14. The van der Waals surface area contributed by atoms with Crippen LogP contribution in [0.4, 0.5) is 5.69 Å². The summed E-state index contributed by atoms with van der Waals surface area (Å²) in [6.45, 7) is 11.1. The highest BCUT2D eigenvalue weighted by atomic mass is 16.5. The van der Waals surface area contributed by atoms with Crippen molar-refractivity contribution >= 4 is 16.6 Å². The maximum atomic E-state index is 5.57. The predicted octanol–water partition coefficient (Wildman–Crippen LogP) is 4.15. The minimum Gasteiger partial charge on any atom is -0.494 e. The molecule has 19 heavy (non-hydrogen) atoms. The fourth-order valence-electron chi connectivity index (χ4n) is 2.10. The van der Waals surface area contributed by atoms with Gasteiger partial charge in [-0.25, -0.2) is 0 Å². The van der Waals surface area contributed by atoms with Gasteiger partial charge in [-0.1, -0.05) is 0 Å². The maximum absolute atomic E-state index is 5.57. The zero-order valence-electron chi connectivity index (χ0n) is 12.4. The van der Waals surface area contributed by atoms with Crippen molar-refractivity contribution in [1.29, 1.82) is 0 Å². The van der Waals surface area contributed by atoms with Gasteiger partial charge in [0.1, 0.15) is 5.75 Å². The molecule has 3 heteroatoms. The van der Waals surface area contributed by atoms with Gasteiger partial charge in [0.05, 0.1) is 12.1 Å². The van der Waals surface area contributed by atoms with Crippen LogP contribution in [0.3, 0.4) is 0 Å². The minimum absolute atomic E-state index is 0.0162. The van der Waals surface area contributed by atoms with Gasteiger partial charge in [0.2, 0.25) is 0 Å². The Bertz CT molecular complexity index is 585. The molecule has 1 aromatic heterocycles. The molecular weight excluding hydrogens is 236 g/mol. The molecule has 0 bridgehead atoms. The van der Waals surface area contributed by atoms with E-state index >= 15 is 0 Å². The lowest BCUT2D eigenvalue weighted by Crippen LogP contribution is -2.26. The van der Waals surface area contributed by atoms with E-state index in [1.165, 1.54) is 0 Å². The molecule has 2 rings (SSSR count). The SMILES string of the molecule is CCOc1ccc2nc(C)cc(NC(C)(C)C)c2c1. The van der Waals surface area contributed by atoms with E-state index in [1.807, 2.05) is 26.0 Å². The smallest absolute Gasteiger partial charge is 0.120 e. The molecule has 0 atom stereocenters. The van der Waals surface area contributed by atoms with Crippen LogP contribution in [0.1, 0.15) is 33.4 Å². The Morgan fingerprint density at radius 2 is 1.95 bits per heavy atom. The lowest BCUT2D eigenvalue weighted by atomic mass is 10.1. The second-order valence-electron chi connectivity index (χ2n) is 5.80. The molecular formula is C16H22N2O. The van der Waals surface area contributed by atoms with Crippen molar-refractivity contribution in [3.8, 4) is 5.75 Å². The van der Waals surface area contributed by atoms with Crippen molar-refractivity contribution in [2.24, 2.45) is 0 Å². The molecule has 3 nitrogen and oxygen atoms in total. The number of pyridine rings is 1. The quantitative estimate of drug-likeness (QED) is 0.898. The number of aryl methyl sites for hydroxylation is 1. The fourth-order valence-corrected chi connectivity index (χ4v) is 2.10. The lowest BCUT2D eigenvalue weighted by Gasteiger charge is -2.23. The molecule has 1 aromatic carbocycles. The van der Waals surface area contributed by atoms with Crippen molar-refractivity contribution in [3.05, 3.63) is 30.0 Å². The van der Waals surface area contributed by atoms with E-state index in [0.717, 1.165) is 28.0 Å². The van der Waals surface area contributed by atoms with Crippen LogP contribution in [0.2, 0.25) is 0 Å². The minimum atomic E-state index is 0.0162. The molecule has 1 N–H and O–H groups in total. The van der Waals surface area contributed by atoms with E-state index in [0.29, 0.717) is 6.61 Å². The molecule has 102 valence electrons. The third-order valence-electron chi connectivity index (χ3n) is 2.73. The Balaban J connectivity index is 2.55. The summed E-state index contributed by atoms with van der Waals surface area (Å²) in [5.74, 6) is 0.887. The van der Waals surface area contributed by atoms with Crippen LogP contribution in [0.25, 0.3) is 10.9 Å². The van der Waals surface area contributed by atoms with Crippen LogP contribution in [0.5, 0.6) is 5.75 Å². The zero-order valence-corrected chi connectivity index (χ0v) is 12.4. The number of benzene rings is 1.